The average Bonchev–Trinajstić information content (AvgIpc) is 2.46. The summed E-state index contributed by atoms with van der Waals surface area (Å²) >= 11 is 5.83. The van der Waals surface area contributed by atoms with Gasteiger partial charge in [0, 0.05) is 10.4 Å². The van der Waals surface area contributed by atoms with E-state index in [4.69, 9.17) is 21.8 Å². The van der Waals surface area contributed by atoms with Crippen molar-refractivity contribution in [3.8, 4) is 0 Å². The Morgan fingerprint density at radius 3 is 2.85 bits per heavy atom. The van der Waals surface area contributed by atoms with E-state index in [1.807, 2.05) is 25.1 Å². The molecule has 0 unspecified atom stereocenters. The minimum Gasteiger partial charge on any atom is -0.459 e. The van der Waals surface area contributed by atoms with Crippen LogP contribution in [0.3, 0.4) is 0 Å². The number of nitrogens with two attached hydrogens (primary N) is 1. The van der Waals surface area contributed by atoms with Crippen LogP contribution in [0.1, 0.15) is 18.7 Å². The van der Waals surface area contributed by atoms with E-state index < -0.39 is 0 Å². The fourth-order valence-electron chi connectivity index (χ4n) is 1.26. The summed E-state index contributed by atoms with van der Waals surface area (Å²) in [6.07, 6.45) is 0. The van der Waals surface area contributed by atoms with E-state index >= 15 is 0 Å². The third kappa shape index (κ3) is 1.55. The molecule has 3 heteroatoms. The number of fused-ring (bicyclic) bond motifs is 1. The van der Waals surface area contributed by atoms with Crippen LogP contribution in [0.25, 0.3) is 11.0 Å². The molecule has 0 fully saturated rings. The molecule has 2 nitrogen and oxygen atoms in total. The summed E-state index contributed by atoms with van der Waals surface area (Å²) in [5, 5.41) is 1.71. The summed E-state index contributed by atoms with van der Waals surface area (Å²) in [6, 6.07) is 7.37. The van der Waals surface area contributed by atoms with Crippen LogP contribution >= 0.6 is 11.6 Å². The lowest BCUT2D eigenvalue weighted by molar-refractivity contribution is 0.513. The molecule has 0 aliphatic carbocycles. The molecular weight excluding hydrogens is 186 g/mol. The van der Waals surface area contributed by atoms with Crippen LogP contribution in [0.15, 0.2) is 28.7 Å². The average molecular weight is 196 g/mol. The van der Waals surface area contributed by atoms with Crippen LogP contribution in [0.2, 0.25) is 5.02 Å². The van der Waals surface area contributed by atoms with Gasteiger partial charge in [-0.3, -0.25) is 0 Å². The largest absolute Gasteiger partial charge is 0.459 e. The van der Waals surface area contributed by atoms with Gasteiger partial charge in [0.05, 0.1) is 6.04 Å². The highest BCUT2D eigenvalue weighted by molar-refractivity contribution is 6.31. The lowest BCUT2D eigenvalue weighted by Crippen LogP contribution is -2.02. The van der Waals surface area contributed by atoms with E-state index in [-0.39, 0.29) is 6.04 Å². The number of halogens is 1. The Bertz CT molecular complexity index is 433. The molecule has 2 rings (SSSR count). The zero-order valence-electron chi connectivity index (χ0n) is 7.25. The van der Waals surface area contributed by atoms with E-state index in [0.29, 0.717) is 5.02 Å². The van der Waals surface area contributed by atoms with E-state index in [0.717, 1.165) is 16.7 Å². The molecule has 68 valence electrons. The minimum atomic E-state index is -0.0776. The maximum atomic E-state index is 5.83. The molecule has 1 atom stereocenters. The number of furan rings is 1. The fraction of sp³-hybridized carbons (Fsp3) is 0.200. The molecule has 0 aliphatic heterocycles. The maximum absolute atomic E-state index is 5.83. The van der Waals surface area contributed by atoms with Gasteiger partial charge in [-0.05, 0) is 31.2 Å². The molecule has 2 aromatic rings. The second kappa shape index (κ2) is 3.05. The molecule has 13 heavy (non-hydrogen) atoms. The lowest BCUT2D eigenvalue weighted by Gasteiger charge is -1.96. The zero-order chi connectivity index (χ0) is 9.42. The molecule has 2 N–H and O–H groups in total. The molecule has 0 aliphatic rings. The summed E-state index contributed by atoms with van der Waals surface area (Å²) in [4.78, 5) is 0. The standard InChI is InChI=1S/C10H10ClNO/c1-6(12)10-5-7-4-8(11)2-3-9(7)13-10/h2-6H,12H2,1H3/t6-/m0/s1. The summed E-state index contributed by atoms with van der Waals surface area (Å²) in [6.45, 7) is 1.89. The van der Waals surface area contributed by atoms with Crippen molar-refractivity contribution in [3.63, 3.8) is 0 Å². The van der Waals surface area contributed by atoms with Gasteiger partial charge in [0.2, 0.25) is 0 Å². The van der Waals surface area contributed by atoms with Gasteiger partial charge in [0.15, 0.2) is 0 Å². The zero-order valence-corrected chi connectivity index (χ0v) is 8.01. The van der Waals surface area contributed by atoms with Gasteiger partial charge in [-0.1, -0.05) is 11.6 Å². The van der Waals surface area contributed by atoms with Crippen molar-refractivity contribution in [2.24, 2.45) is 5.73 Å². The molecule has 1 heterocycles. The number of hydrogen-bond donors (Lipinski definition) is 1. The van der Waals surface area contributed by atoms with Gasteiger partial charge in [0.1, 0.15) is 11.3 Å². The molecule has 0 spiro atoms. The van der Waals surface area contributed by atoms with Gasteiger partial charge in [-0.25, -0.2) is 0 Å². The van der Waals surface area contributed by atoms with Gasteiger partial charge in [-0.15, -0.1) is 0 Å². The summed E-state index contributed by atoms with van der Waals surface area (Å²) in [7, 11) is 0. The predicted octanol–water partition coefficient (Wildman–Crippen LogP) is 3.11. The Hall–Kier alpha value is -0.990. The van der Waals surface area contributed by atoms with Crippen molar-refractivity contribution in [2.75, 3.05) is 0 Å². The van der Waals surface area contributed by atoms with E-state index in [9.17, 15) is 0 Å². The number of hydrogen-bond acceptors (Lipinski definition) is 2. The molecule has 0 radical (unpaired) electrons. The Morgan fingerprint density at radius 1 is 1.38 bits per heavy atom. The van der Waals surface area contributed by atoms with Gasteiger partial charge in [-0.2, -0.15) is 0 Å². The molecule has 0 saturated heterocycles. The first kappa shape index (κ1) is 8.60. The Labute approximate surface area is 81.3 Å². The van der Waals surface area contributed by atoms with Gasteiger partial charge < -0.3 is 10.2 Å². The normalized spacial score (nSPS) is 13.5. The molecule has 1 aromatic heterocycles. The monoisotopic (exact) mass is 195 g/mol. The molecular formula is C10H10ClNO. The first-order valence-corrected chi connectivity index (χ1v) is 4.49. The SMILES string of the molecule is C[C@H](N)c1cc2cc(Cl)ccc2o1. The highest BCUT2D eigenvalue weighted by Crippen LogP contribution is 2.25. The van der Waals surface area contributed by atoms with Crippen LogP contribution < -0.4 is 5.73 Å². The fourth-order valence-corrected chi connectivity index (χ4v) is 1.44. The van der Waals surface area contributed by atoms with Crippen molar-refractivity contribution < 1.29 is 4.42 Å². The minimum absolute atomic E-state index is 0.0776. The highest BCUT2D eigenvalue weighted by atomic mass is 35.5. The molecule has 0 bridgehead atoms. The van der Waals surface area contributed by atoms with Crippen molar-refractivity contribution in [3.05, 3.63) is 35.0 Å². The smallest absolute Gasteiger partial charge is 0.134 e. The quantitative estimate of drug-likeness (QED) is 0.760. The van der Waals surface area contributed by atoms with Crippen molar-refractivity contribution >= 4 is 22.6 Å². The second-order valence-electron chi connectivity index (χ2n) is 3.12. The lowest BCUT2D eigenvalue weighted by atomic mass is 10.2. The van der Waals surface area contributed by atoms with Crippen molar-refractivity contribution in [1.29, 1.82) is 0 Å². The third-order valence-electron chi connectivity index (χ3n) is 1.95. The molecule has 0 amide bonds. The highest BCUT2D eigenvalue weighted by Gasteiger charge is 2.07. The van der Waals surface area contributed by atoms with Crippen LogP contribution in [0.4, 0.5) is 0 Å². The van der Waals surface area contributed by atoms with Gasteiger partial charge in [0.25, 0.3) is 0 Å². The van der Waals surface area contributed by atoms with Crippen molar-refractivity contribution in [1.82, 2.24) is 0 Å². The first-order valence-electron chi connectivity index (χ1n) is 4.11. The van der Waals surface area contributed by atoms with Crippen LogP contribution in [0, 0.1) is 0 Å². The maximum Gasteiger partial charge on any atom is 0.134 e. The van der Waals surface area contributed by atoms with Crippen molar-refractivity contribution in [2.45, 2.75) is 13.0 Å². The third-order valence-corrected chi connectivity index (χ3v) is 2.18. The number of benzene rings is 1. The van der Waals surface area contributed by atoms with Gasteiger partial charge >= 0.3 is 0 Å². The second-order valence-corrected chi connectivity index (χ2v) is 3.56. The van der Waals surface area contributed by atoms with E-state index in [2.05, 4.69) is 0 Å². The molecule has 1 aromatic carbocycles. The van der Waals surface area contributed by atoms with Crippen LogP contribution in [-0.4, -0.2) is 0 Å². The summed E-state index contributed by atoms with van der Waals surface area (Å²) < 4.78 is 5.50. The first-order chi connectivity index (χ1) is 6.16. The Morgan fingerprint density at radius 2 is 2.15 bits per heavy atom. The molecule has 0 saturated carbocycles. The van der Waals surface area contributed by atoms with Crippen LogP contribution in [0.5, 0.6) is 0 Å². The predicted molar refractivity (Wildman–Crippen MR) is 53.8 cm³/mol. The summed E-state index contributed by atoms with van der Waals surface area (Å²) in [5.41, 5.74) is 6.52. The topological polar surface area (TPSA) is 39.2 Å². The Balaban J connectivity index is 2.62. The van der Waals surface area contributed by atoms with Crippen LogP contribution in [-0.2, 0) is 0 Å². The van der Waals surface area contributed by atoms with E-state index in [1.165, 1.54) is 0 Å². The summed E-state index contributed by atoms with van der Waals surface area (Å²) in [5.74, 6) is 0.789. The van der Waals surface area contributed by atoms with E-state index in [1.54, 1.807) is 6.07 Å². The Kier molecular flexibility index (Phi) is 2.02. The number of rotatable bonds is 1.